The number of alkyl halides is 3. The first kappa shape index (κ1) is 21.1. The molecule has 28 heavy (non-hydrogen) atoms. The molecule has 11 heteroatoms. The summed E-state index contributed by atoms with van der Waals surface area (Å²) >= 11 is 0. The number of carboxylic acid groups (broad SMARTS) is 1. The zero-order chi connectivity index (χ0) is 21.1. The maximum Gasteiger partial charge on any atom is 0.422 e. The second kappa shape index (κ2) is 8.19. The third kappa shape index (κ3) is 5.63. The monoisotopic (exact) mass is 398 g/mol. The van der Waals surface area contributed by atoms with E-state index in [9.17, 15) is 22.8 Å². The fourth-order valence-electron chi connectivity index (χ4n) is 2.26. The lowest BCUT2D eigenvalue weighted by atomic mass is 10.1. The van der Waals surface area contributed by atoms with Crippen molar-refractivity contribution in [2.24, 2.45) is 0 Å². The largest absolute Gasteiger partial charge is 0.475 e. The highest BCUT2D eigenvalue weighted by Gasteiger charge is 2.29. The van der Waals surface area contributed by atoms with E-state index in [4.69, 9.17) is 5.11 Å². The molecule has 0 aliphatic heterocycles. The molecule has 0 aliphatic rings. The molecule has 0 saturated carbocycles. The van der Waals surface area contributed by atoms with E-state index in [2.05, 4.69) is 25.0 Å². The Labute approximate surface area is 157 Å². The highest BCUT2D eigenvalue weighted by molar-refractivity contribution is 5.94. The highest BCUT2D eigenvalue weighted by atomic mass is 19.4. The number of aromatic nitrogens is 3. The summed E-state index contributed by atoms with van der Waals surface area (Å²) < 4.78 is 41.4. The molecule has 0 aliphatic carbocycles. The van der Waals surface area contributed by atoms with Crippen LogP contribution >= 0.6 is 0 Å². The van der Waals surface area contributed by atoms with Crippen molar-refractivity contribution >= 4 is 11.9 Å². The lowest BCUT2D eigenvalue weighted by Gasteiger charge is -2.16. The van der Waals surface area contributed by atoms with Gasteiger partial charge in [0.05, 0.1) is 6.04 Å². The smallest absolute Gasteiger partial charge is 0.422 e. The Hall–Kier alpha value is -3.24. The first-order valence-electron chi connectivity index (χ1n) is 8.02. The molecule has 8 nitrogen and oxygen atoms in total. The van der Waals surface area contributed by atoms with Crippen molar-refractivity contribution in [3.05, 3.63) is 46.7 Å². The SMILES string of the molecule is Cc1cc(C(=O)NC(C)c2cnc(OCC(F)(F)F)c(C)c2)nc(C(=O)O)n1. The minimum absolute atomic E-state index is 0.119. The molecule has 1 amide bonds. The average molecular weight is 398 g/mol. The molecule has 0 aromatic carbocycles. The molecule has 2 aromatic heterocycles. The zero-order valence-electron chi connectivity index (χ0n) is 15.2. The fourth-order valence-corrected chi connectivity index (χ4v) is 2.26. The highest BCUT2D eigenvalue weighted by Crippen LogP contribution is 2.22. The van der Waals surface area contributed by atoms with Gasteiger partial charge in [-0.25, -0.2) is 19.7 Å². The summed E-state index contributed by atoms with van der Waals surface area (Å²) in [7, 11) is 0. The minimum atomic E-state index is -4.47. The molecule has 0 saturated heterocycles. The number of pyridine rings is 1. The molecule has 2 rings (SSSR count). The number of nitrogens with one attached hydrogen (secondary N) is 1. The maximum atomic E-state index is 12.4. The van der Waals surface area contributed by atoms with Gasteiger partial charge in [0.1, 0.15) is 5.69 Å². The van der Waals surface area contributed by atoms with Gasteiger partial charge in [-0.15, -0.1) is 0 Å². The minimum Gasteiger partial charge on any atom is -0.475 e. The summed E-state index contributed by atoms with van der Waals surface area (Å²) in [6.45, 7) is 3.24. The fraction of sp³-hybridized carbons (Fsp3) is 0.353. The van der Waals surface area contributed by atoms with Crippen LogP contribution in [-0.4, -0.2) is 44.7 Å². The van der Waals surface area contributed by atoms with Crippen LogP contribution in [0.5, 0.6) is 5.88 Å². The second-order valence-corrected chi connectivity index (χ2v) is 6.01. The number of carboxylic acids is 1. The van der Waals surface area contributed by atoms with E-state index >= 15 is 0 Å². The average Bonchev–Trinajstić information content (AvgIpc) is 2.59. The van der Waals surface area contributed by atoms with Gasteiger partial charge in [-0.05, 0) is 38.5 Å². The van der Waals surface area contributed by atoms with Gasteiger partial charge in [0.15, 0.2) is 6.61 Å². The molecular formula is C17H17F3N4O4. The van der Waals surface area contributed by atoms with Crippen LogP contribution in [0.25, 0.3) is 0 Å². The van der Waals surface area contributed by atoms with Crippen LogP contribution in [-0.2, 0) is 0 Å². The molecule has 1 unspecified atom stereocenters. The first-order valence-corrected chi connectivity index (χ1v) is 8.02. The standard InChI is InChI=1S/C17H17F3N4O4/c1-8-4-11(6-21-15(8)28-7-17(18,19)20)10(3)23-14(25)12-5-9(2)22-13(24-12)16(26)27/h4-6,10H,7H2,1-3H3,(H,23,25)(H,26,27). The molecule has 2 heterocycles. The van der Waals surface area contributed by atoms with Gasteiger partial charge in [-0.1, -0.05) is 0 Å². The molecule has 0 spiro atoms. The van der Waals surface area contributed by atoms with Gasteiger partial charge < -0.3 is 15.2 Å². The van der Waals surface area contributed by atoms with Gasteiger partial charge in [-0.2, -0.15) is 13.2 Å². The Bertz CT molecular complexity index is 902. The van der Waals surface area contributed by atoms with Crippen molar-refractivity contribution in [3.8, 4) is 5.88 Å². The van der Waals surface area contributed by atoms with Crippen molar-refractivity contribution < 1.29 is 32.6 Å². The lowest BCUT2D eigenvalue weighted by Crippen LogP contribution is -2.28. The summed E-state index contributed by atoms with van der Waals surface area (Å²) in [4.78, 5) is 34.6. The molecule has 0 fully saturated rings. The molecule has 0 bridgehead atoms. The van der Waals surface area contributed by atoms with E-state index < -0.39 is 36.5 Å². The Morgan fingerprint density at radius 2 is 1.93 bits per heavy atom. The molecule has 2 N–H and O–H groups in total. The quantitative estimate of drug-likeness (QED) is 0.769. The maximum absolute atomic E-state index is 12.4. The zero-order valence-corrected chi connectivity index (χ0v) is 15.2. The number of halogens is 3. The lowest BCUT2D eigenvalue weighted by molar-refractivity contribution is -0.154. The van der Waals surface area contributed by atoms with Crippen molar-refractivity contribution in [2.75, 3.05) is 6.61 Å². The van der Waals surface area contributed by atoms with E-state index in [-0.39, 0.29) is 11.6 Å². The van der Waals surface area contributed by atoms with Crippen LogP contribution in [0, 0.1) is 13.8 Å². The summed E-state index contributed by atoms with van der Waals surface area (Å²) in [5.74, 6) is -2.64. The predicted octanol–water partition coefficient (Wildman–Crippen LogP) is 2.62. The normalized spacial score (nSPS) is 12.4. The summed E-state index contributed by atoms with van der Waals surface area (Å²) in [5, 5.41) is 11.6. The molecular weight excluding hydrogens is 381 g/mol. The molecule has 2 aromatic rings. The number of amides is 1. The Morgan fingerprint density at radius 1 is 1.25 bits per heavy atom. The van der Waals surface area contributed by atoms with E-state index in [1.807, 2.05) is 0 Å². The van der Waals surface area contributed by atoms with E-state index in [1.165, 1.54) is 32.2 Å². The number of aromatic carboxylic acids is 1. The van der Waals surface area contributed by atoms with E-state index in [1.54, 1.807) is 6.92 Å². The number of carbonyl (C=O) groups excluding carboxylic acids is 1. The summed E-state index contributed by atoms with van der Waals surface area (Å²) in [6.07, 6.45) is -3.18. The van der Waals surface area contributed by atoms with Crippen LogP contribution < -0.4 is 10.1 Å². The third-order valence-corrected chi connectivity index (χ3v) is 3.55. The van der Waals surface area contributed by atoms with Gasteiger partial charge in [0.25, 0.3) is 5.91 Å². The Balaban J connectivity index is 2.12. The third-order valence-electron chi connectivity index (χ3n) is 3.55. The van der Waals surface area contributed by atoms with E-state index in [0.29, 0.717) is 16.8 Å². The van der Waals surface area contributed by atoms with Crippen molar-refractivity contribution in [2.45, 2.75) is 33.0 Å². The van der Waals surface area contributed by atoms with Gasteiger partial charge >= 0.3 is 12.1 Å². The summed E-state index contributed by atoms with van der Waals surface area (Å²) in [6, 6.07) is 2.31. The van der Waals surface area contributed by atoms with E-state index in [0.717, 1.165) is 0 Å². The van der Waals surface area contributed by atoms with Crippen LogP contribution in [0.1, 0.15) is 50.9 Å². The van der Waals surface area contributed by atoms with Crippen LogP contribution in [0.15, 0.2) is 18.3 Å². The number of rotatable bonds is 6. The van der Waals surface area contributed by atoms with Crippen LogP contribution in [0.4, 0.5) is 13.2 Å². The number of aryl methyl sites for hydroxylation is 2. The van der Waals surface area contributed by atoms with Crippen molar-refractivity contribution in [1.29, 1.82) is 0 Å². The van der Waals surface area contributed by atoms with Crippen LogP contribution in [0.2, 0.25) is 0 Å². The first-order chi connectivity index (χ1) is 13.0. The second-order valence-electron chi connectivity index (χ2n) is 6.01. The van der Waals surface area contributed by atoms with Gasteiger partial charge in [0.2, 0.25) is 11.7 Å². The van der Waals surface area contributed by atoms with Crippen molar-refractivity contribution in [3.63, 3.8) is 0 Å². The van der Waals surface area contributed by atoms with Crippen LogP contribution in [0.3, 0.4) is 0 Å². The Kier molecular flexibility index (Phi) is 6.16. The topological polar surface area (TPSA) is 114 Å². The predicted molar refractivity (Wildman–Crippen MR) is 90.1 cm³/mol. The number of hydrogen-bond donors (Lipinski definition) is 2. The molecule has 150 valence electrons. The Morgan fingerprint density at radius 3 is 2.50 bits per heavy atom. The molecule has 0 radical (unpaired) electrons. The van der Waals surface area contributed by atoms with Crippen molar-refractivity contribution in [1.82, 2.24) is 20.3 Å². The number of hydrogen-bond acceptors (Lipinski definition) is 6. The van der Waals surface area contributed by atoms with Gasteiger partial charge in [-0.3, -0.25) is 4.79 Å². The summed E-state index contributed by atoms with van der Waals surface area (Å²) in [5.41, 5.74) is 1.09. The van der Waals surface area contributed by atoms with Gasteiger partial charge in [0, 0.05) is 17.5 Å². The molecule has 1 atom stereocenters. The number of carbonyl (C=O) groups is 2. The number of ether oxygens (including phenoxy) is 1. The number of nitrogens with zero attached hydrogens (tertiary/aromatic N) is 3.